The van der Waals surface area contributed by atoms with Crippen molar-refractivity contribution in [1.82, 2.24) is 10.2 Å². The second kappa shape index (κ2) is 5.40. The first kappa shape index (κ1) is 14.5. The van der Waals surface area contributed by atoms with E-state index in [4.69, 9.17) is 0 Å². The van der Waals surface area contributed by atoms with Gasteiger partial charge in [0.15, 0.2) is 5.69 Å². The maximum atomic E-state index is 12.5. The van der Waals surface area contributed by atoms with Crippen molar-refractivity contribution in [3.05, 3.63) is 53.3 Å². The molecule has 0 saturated heterocycles. The third kappa shape index (κ3) is 2.66. The number of aromatic nitrogens is 2. The number of alkyl halides is 3. The number of hydrogen-bond acceptors (Lipinski definition) is 4. The van der Waals surface area contributed by atoms with Gasteiger partial charge in [-0.25, -0.2) is 0 Å². The molecule has 114 valence electrons. The van der Waals surface area contributed by atoms with Gasteiger partial charge in [-0.1, -0.05) is 18.2 Å². The molecule has 1 atom stereocenters. The summed E-state index contributed by atoms with van der Waals surface area (Å²) >= 11 is 0. The highest BCUT2D eigenvalue weighted by molar-refractivity contribution is 5.89. The van der Waals surface area contributed by atoms with Gasteiger partial charge in [-0.2, -0.15) is 18.3 Å². The van der Waals surface area contributed by atoms with E-state index in [0.29, 0.717) is 12.4 Å². The van der Waals surface area contributed by atoms with Crippen LogP contribution >= 0.6 is 0 Å². The van der Waals surface area contributed by atoms with E-state index in [9.17, 15) is 13.2 Å². The molecular weight excluding hydrogens is 293 g/mol. The van der Waals surface area contributed by atoms with Gasteiger partial charge in [-0.15, -0.1) is 5.10 Å². The van der Waals surface area contributed by atoms with Gasteiger partial charge in [0.25, 0.3) is 0 Å². The fourth-order valence-corrected chi connectivity index (χ4v) is 2.37. The van der Waals surface area contributed by atoms with Crippen LogP contribution in [-0.2, 0) is 6.18 Å². The molecule has 0 bridgehead atoms. The summed E-state index contributed by atoms with van der Waals surface area (Å²) in [6.45, 7) is 2.30. The topological polar surface area (TPSA) is 41.4 Å². The fourth-order valence-electron chi connectivity index (χ4n) is 2.37. The molecule has 4 nitrogen and oxygen atoms in total. The maximum absolute atomic E-state index is 12.5. The third-order valence-corrected chi connectivity index (χ3v) is 3.58. The summed E-state index contributed by atoms with van der Waals surface area (Å²) in [5.41, 5.74) is 1.44. The quantitative estimate of drug-likeness (QED) is 0.853. The van der Waals surface area contributed by atoms with E-state index in [1.54, 1.807) is 6.21 Å². The molecule has 2 aromatic rings. The standard InChI is InChI=1S/C15H13F3N4/c1-10(12-6-7-14(21-20-12)15(16,17)18)22-9-19-8-11-4-2-3-5-13(11)22/h2-8,10H,9H2,1H3. The minimum atomic E-state index is -4.48. The SMILES string of the molecule is CC(c1ccc(C(F)(F)F)nn1)N1CN=Cc2ccccc21. The number of benzene rings is 1. The largest absolute Gasteiger partial charge is 0.435 e. The van der Waals surface area contributed by atoms with E-state index >= 15 is 0 Å². The minimum absolute atomic E-state index is 0.228. The molecular formula is C15H13F3N4. The average Bonchev–Trinajstić information content (AvgIpc) is 2.53. The molecule has 1 unspecified atom stereocenters. The Morgan fingerprint density at radius 1 is 1.09 bits per heavy atom. The molecule has 1 aliphatic rings. The second-order valence-electron chi connectivity index (χ2n) is 5.00. The van der Waals surface area contributed by atoms with Gasteiger partial charge in [0.1, 0.15) is 6.67 Å². The number of hydrogen-bond donors (Lipinski definition) is 0. The van der Waals surface area contributed by atoms with Gasteiger partial charge in [0, 0.05) is 17.5 Å². The number of fused-ring (bicyclic) bond motifs is 1. The average molecular weight is 306 g/mol. The van der Waals surface area contributed by atoms with E-state index in [1.165, 1.54) is 6.07 Å². The number of anilines is 1. The Bertz CT molecular complexity index is 695. The normalized spacial score (nSPS) is 15.5. The third-order valence-electron chi connectivity index (χ3n) is 3.58. The van der Waals surface area contributed by atoms with Crippen LogP contribution in [0.4, 0.5) is 18.9 Å². The van der Waals surface area contributed by atoms with Crippen LogP contribution in [0.2, 0.25) is 0 Å². The van der Waals surface area contributed by atoms with Crippen molar-refractivity contribution >= 4 is 11.9 Å². The Morgan fingerprint density at radius 2 is 1.86 bits per heavy atom. The Balaban J connectivity index is 1.88. The molecule has 0 amide bonds. The van der Waals surface area contributed by atoms with Crippen LogP contribution in [0.3, 0.4) is 0 Å². The number of halogens is 3. The summed E-state index contributed by atoms with van der Waals surface area (Å²) in [4.78, 5) is 6.25. The van der Waals surface area contributed by atoms with Crippen molar-refractivity contribution in [1.29, 1.82) is 0 Å². The van der Waals surface area contributed by atoms with E-state index in [0.717, 1.165) is 17.3 Å². The van der Waals surface area contributed by atoms with Crippen molar-refractivity contribution in [3.8, 4) is 0 Å². The predicted molar refractivity (Wildman–Crippen MR) is 76.8 cm³/mol. The van der Waals surface area contributed by atoms with Crippen LogP contribution in [0.1, 0.15) is 29.9 Å². The zero-order valence-electron chi connectivity index (χ0n) is 11.7. The number of aliphatic imine (C=N–C) groups is 1. The van der Waals surface area contributed by atoms with Crippen molar-refractivity contribution in [2.75, 3.05) is 11.6 Å². The molecule has 0 fully saturated rings. The highest BCUT2D eigenvalue weighted by atomic mass is 19.4. The van der Waals surface area contributed by atoms with E-state index in [1.807, 2.05) is 36.1 Å². The molecule has 1 aromatic heterocycles. The Labute approximate surface area is 125 Å². The smallest absolute Gasteiger partial charge is 0.343 e. The van der Waals surface area contributed by atoms with Crippen molar-refractivity contribution in [2.24, 2.45) is 4.99 Å². The Kier molecular flexibility index (Phi) is 3.56. The highest BCUT2D eigenvalue weighted by Gasteiger charge is 2.33. The van der Waals surface area contributed by atoms with Gasteiger partial charge in [0.05, 0.1) is 11.7 Å². The van der Waals surface area contributed by atoms with Crippen LogP contribution in [0, 0.1) is 0 Å². The Hall–Kier alpha value is -2.44. The first-order valence-corrected chi connectivity index (χ1v) is 6.73. The lowest BCUT2D eigenvalue weighted by Gasteiger charge is -2.32. The number of nitrogens with zero attached hydrogens (tertiary/aromatic N) is 4. The monoisotopic (exact) mass is 306 g/mol. The van der Waals surface area contributed by atoms with Crippen molar-refractivity contribution < 1.29 is 13.2 Å². The fraction of sp³-hybridized carbons (Fsp3) is 0.267. The predicted octanol–water partition coefficient (Wildman–Crippen LogP) is 3.45. The zero-order valence-corrected chi connectivity index (χ0v) is 11.7. The molecule has 0 aliphatic carbocycles. The molecule has 7 heteroatoms. The van der Waals surface area contributed by atoms with Crippen LogP contribution < -0.4 is 4.90 Å². The molecule has 3 rings (SSSR count). The van der Waals surface area contributed by atoms with Gasteiger partial charge >= 0.3 is 6.18 Å². The molecule has 0 saturated carbocycles. The molecule has 0 spiro atoms. The van der Waals surface area contributed by atoms with Crippen LogP contribution in [0.5, 0.6) is 0 Å². The minimum Gasteiger partial charge on any atom is -0.343 e. The van der Waals surface area contributed by atoms with E-state index in [2.05, 4.69) is 15.2 Å². The zero-order chi connectivity index (χ0) is 15.7. The van der Waals surface area contributed by atoms with E-state index < -0.39 is 11.9 Å². The molecule has 22 heavy (non-hydrogen) atoms. The summed E-state index contributed by atoms with van der Waals surface area (Å²) in [6.07, 6.45) is -2.69. The van der Waals surface area contributed by atoms with Crippen molar-refractivity contribution in [2.45, 2.75) is 19.1 Å². The molecule has 1 aliphatic heterocycles. The molecule has 2 heterocycles. The molecule has 0 N–H and O–H groups in total. The number of para-hydroxylation sites is 1. The van der Waals surface area contributed by atoms with Gasteiger partial charge in [0.2, 0.25) is 0 Å². The van der Waals surface area contributed by atoms with Crippen LogP contribution in [-0.4, -0.2) is 23.1 Å². The lowest BCUT2D eigenvalue weighted by atomic mass is 10.1. The van der Waals surface area contributed by atoms with Gasteiger partial charge in [-0.05, 0) is 25.1 Å². The van der Waals surface area contributed by atoms with Crippen molar-refractivity contribution in [3.63, 3.8) is 0 Å². The summed E-state index contributed by atoms with van der Waals surface area (Å²) < 4.78 is 37.6. The van der Waals surface area contributed by atoms with E-state index in [-0.39, 0.29) is 6.04 Å². The van der Waals surface area contributed by atoms with Gasteiger partial charge < -0.3 is 4.90 Å². The maximum Gasteiger partial charge on any atom is 0.435 e. The molecule has 1 aromatic carbocycles. The van der Waals surface area contributed by atoms with Gasteiger partial charge in [-0.3, -0.25) is 4.99 Å². The highest BCUT2D eigenvalue weighted by Crippen LogP contribution is 2.31. The van der Waals surface area contributed by atoms with Crippen LogP contribution in [0.15, 0.2) is 41.4 Å². The number of rotatable bonds is 2. The first-order valence-electron chi connectivity index (χ1n) is 6.73. The summed E-state index contributed by atoms with van der Waals surface area (Å²) in [6, 6.07) is 9.81. The summed E-state index contributed by atoms with van der Waals surface area (Å²) in [5, 5.41) is 7.01. The first-order chi connectivity index (χ1) is 10.5. The summed E-state index contributed by atoms with van der Waals surface area (Å²) in [5.74, 6) is 0. The second-order valence-corrected chi connectivity index (χ2v) is 5.00. The lowest BCUT2D eigenvalue weighted by molar-refractivity contribution is -0.141. The Morgan fingerprint density at radius 3 is 2.55 bits per heavy atom. The lowest BCUT2D eigenvalue weighted by Crippen LogP contribution is -2.31. The molecule has 0 radical (unpaired) electrons. The van der Waals surface area contributed by atoms with Crippen LogP contribution in [0.25, 0.3) is 0 Å². The summed E-state index contributed by atoms with van der Waals surface area (Å²) in [7, 11) is 0.